The highest BCUT2D eigenvalue weighted by Gasteiger charge is 2.16. The molecule has 3 aromatic carbocycles. The second-order valence-corrected chi connectivity index (χ2v) is 7.68. The molecule has 0 aliphatic rings. The molecule has 2 N–H and O–H groups in total. The maximum Gasteiger partial charge on any atom is 0.255 e. The lowest BCUT2D eigenvalue weighted by molar-refractivity contribution is 0.0919. The second kappa shape index (κ2) is 8.61. The zero-order valence-electron chi connectivity index (χ0n) is 16.7. The molecular formula is C24H24N2O3. The van der Waals surface area contributed by atoms with Crippen molar-refractivity contribution in [1.29, 1.82) is 0 Å². The summed E-state index contributed by atoms with van der Waals surface area (Å²) in [4.78, 5) is 24.9. The zero-order chi connectivity index (χ0) is 20.9. The molecule has 5 heteroatoms. The minimum Gasteiger partial charge on any atom is -0.457 e. The largest absolute Gasteiger partial charge is 0.457 e. The maximum absolute atomic E-state index is 12.6. The Morgan fingerprint density at radius 1 is 0.724 bits per heavy atom. The molecule has 0 aliphatic carbocycles. The highest BCUT2D eigenvalue weighted by molar-refractivity contribution is 6.06. The molecule has 3 aromatic rings. The van der Waals surface area contributed by atoms with Crippen LogP contribution in [0, 0.1) is 0 Å². The highest BCUT2D eigenvalue weighted by atomic mass is 16.5. The second-order valence-electron chi connectivity index (χ2n) is 7.68. The molecule has 5 nitrogen and oxygen atoms in total. The number of amides is 2. The third-order valence-corrected chi connectivity index (χ3v) is 3.97. The molecule has 0 spiro atoms. The van der Waals surface area contributed by atoms with Gasteiger partial charge in [-0.3, -0.25) is 9.59 Å². The van der Waals surface area contributed by atoms with Crippen LogP contribution in [0.25, 0.3) is 0 Å². The Morgan fingerprint density at radius 2 is 1.31 bits per heavy atom. The molecule has 3 rings (SSSR count). The van der Waals surface area contributed by atoms with E-state index < -0.39 is 0 Å². The number of hydrogen-bond donors (Lipinski definition) is 2. The Bertz CT molecular complexity index is 991. The monoisotopic (exact) mass is 388 g/mol. The van der Waals surface area contributed by atoms with Gasteiger partial charge in [-0.05, 0) is 75.4 Å². The van der Waals surface area contributed by atoms with Crippen LogP contribution in [-0.4, -0.2) is 17.4 Å². The highest BCUT2D eigenvalue weighted by Crippen LogP contribution is 2.23. The van der Waals surface area contributed by atoms with Crippen LogP contribution < -0.4 is 15.4 Å². The molecule has 0 bridgehead atoms. The van der Waals surface area contributed by atoms with Crippen molar-refractivity contribution >= 4 is 17.5 Å². The molecule has 2 amide bonds. The average molecular weight is 388 g/mol. The summed E-state index contributed by atoms with van der Waals surface area (Å²) in [6.07, 6.45) is 0. The standard InChI is InChI=1S/C24H24N2O3/c1-24(2,3)26-23(28)18-9-7-8-17(16-18)22(27)25-19-12-14-21(15-13-19)29-20-10-5-4-6-11-20/h4-16H,1-3H3,(H,25,27)(H,26,28). The van der Waals surface area contributed by atoms with Gasteiger partial charge in [-0.25, -0.2) is 0 Å². The van der Waals surface area contributed by atoms with Gasteiger partial charge in [-0.2, -0.15) is 0 Å². The fraction of sp³-hybridized carbons (Fsp3) is 0.167. The molecule has 29 heavy (non-hydrogen) atoms. The van der Waals surface area contributed by atoms with Gasteiger partial charge in [-0.1, -0.05) is 24.3 Å². The van der Waals surface area contributed by atoms with Crippen molar-refractivity contribution in [3.8, 4) is 11.5 Å². The lowest BCUT2D eigenvalue weighted by atomic mass is 10.1. The van der Waals surface area contributed by atoms with Gasteiger partial charge in [0.25, 0.3) is 11.8 Å². The number of rotatable bonds is 5. The van der Waals surface area contributed by atoms with E-state index in [-0.39, 0.29) is 17.4 Å². The maximum atomic E-state index is 12.6. The van der Waals surface area contributed by atoms with E-state index in [2.05, 4.69) is 10.6 Å². The van der Waals surface area contributed by atoms with Crippen molar-refractivity contribution in [1.82, 2.24) is 5.32 Å². The Hall–Kier alpha value is -3.60. The van der Waals surface area contributed by atoms with Gasteiger partial charge in [0.2, 0.25) is 0 Å². The smallest absolute Gasteiger partial charge is 0.255 e. The van der Waals surface area contributed by atoms with Gasteiger partial charge < -0.3 is 15.4 Å². The Balaban J connectivity index is 1.65. The van der Waals surface area contributed by atoms with Crippen molar-refractivity contribution in [3.63, 3.8) is 0 Å². The molecule has 0 saturated carbocycles. The van der Waals surface area contributed by atoms with Gasteiger partial charge >= 0.3 is 0 Å². The summed E-state index contributed by atoms with van der Waals surface area (Å²) in [6, 6.07) is 23.2. The van der Waals surface area contributed by atoms with Crippen LogP contribution in [-0.2, 0) is 0 Å². The summed E-state index contributed by atoms with van der Waals surface area (Å²) < 4.78 is 5.75. The van der Waals surface area contributed by atoms with Crippen molar-refractivity contribution in [2.24, 2.45) is 0 Å². The molecule has 0 saturated heterocycles. The summed E-state index contributed by atoms with van der Waals surface area (Å²) in [5.41, 5.74) is 1.15. The van der Waals surface area contributed by atoms with Gasteiger partial charge in [-0.15, -0.1) is 0 Å². The summed E-state index contributed by atoms with van der Waals surface area (Å²) in [6.45, 7) is 5.73. The number of benzene rings is 3. The number of ether oxygens (including phenoxy) is 1. The normalized spacial score (nSPS) is 10.9. The van der Waals surface area contributed by atoms with Crippen molar-refractivity contribution < 1.29 is 14.3 Å². The lowest BCUT2D eigenvalue weighted by Gasteiger charge is -2.20. The fourth-order valence-corrected chi connectivity index (χ4v) is 2.65. The molecule has 148 valence electrons. The summed E-state index contributed by atoms with van der Waals surface area (Å²) in [5, 5.41) is 5.73. The first-order valence-electron chi connectivity index (χ1n) is 9.37. The zero-order valence-corrected chi connectivity index (χ0v) is 16.7. The average Bonchev–Trinajstić information content (AvgIpc) is 2.69. The lowest BCUT2D eigenvalue weighted by Crippen LogP contribution is -2.40. The van der Waals surface area contributed by atoms with Gasteiger partial charge in [0, 0.05) is 22.4 Å². The summed E-state index contributed by atoms with van der Waals surface area (Å²) >= 11 is 0. The minimum absolute atomic E-state index is 0.213. The molecule has 0 atom stereocenters. The first-order chi connectivity index (χ1) is 13.8. The van der Waals surface area contributed by atoms with Crippen LogP contribution in [0.2, 0.25) is 0 Å². The third kappa shape index (κ3) is 5.94. The van der Waals surface area contributed by atoms with E-state index in [1.54, 1.807) is 48.5 Å². The van der Waals surface area contributed by atoms with Crippen LogP contribution in [0.15, 0.2) is 78.9 Å². The first-order valence-corrected chi connectivity index (χ1v) is 9.37. The number of nitrogens with one attached hydrogen (secondary N) is 2. The predicted octanol–water partition coefficient (Wildman–Crippen LogP) is 5.26. The topological polar surface area (TPSA) is 67.4 Å². The number of carbonyl (C=O) groups is 2. The number of para-hydroxylation sites is 1. The number of anilines is 1. The van der Waals surface area contributed by atoms with Crippen molar-refractivity contribution in [2.45, 2.75) is 26.3 Å². The molecule has 0 aromatic heterocycles. The van der Waals surface area contributed by atoms with E-state index in [1.807, 2.05) is 51.1 Å². The quantitative estimate of drug-likeness (QED) is 0.626. The van der Waals surface area contributed by atoms with Crippen LogP contribution in [0.1, 0.15) is 41.5 Å². The van der Waals surface area contributed by atoms with Crippen LogP contribution in [0.3, 0.4) is 0 Å². The Kier molecular flexibility index (Phi) is 5.98. The van der Waals surface area contributed by atoms with Gasteiger partial charge in [0.05, 0.1) is 0 Å². The molecule has 0 heterocycles. The molecule has 0 radical (unpaired) electrons. The number of carbonyl (C=O) groups excluding carboxylic acids is 2. The van der Waals surface area contributed by atoms with Crippen LogP contribution in [0.5, 0.6) is 11.5 Å². The van der Waals surface area contributed by atoms with E-state index in [9.17, 15) is 9.59 Å². The van der Waals surface area contributed by atoms with E-state index in [0.29, 0.717) is 22.6 Å². The molecule has 0 aliphatic heterocycles. The van der Waals surface area contributed by atoms with E-state index in [1.165, 1.54) is 0 Å². The van der Waals surface area contributed by atoms with E-state index >= 15 is 0 Å². The Labute approximate surface area is 170 Å². The van der Waals surface area contributed by atoms with Gasteiger partial charge in [0.15, 0.2) is 0 Å². The van der Waals surface area contributed by atoms with Crippen molar-refractivity contribution in [2.75, 3.05) is 5.32 Å². The summed E-state index contributed by atoms with van der Waals surface area (Å²) in [7, 11) is 0. The van der Waals surface area contributed by atoms with Crippen LogP contribution >= 0.6 is 0 Å². The van der Waals surface area contributed by atoms with E-state index in [4.69, 9.17) is 4.74 Å². The van der Waals surface area contributed by atoms with E-state index in [0.717, 1.165) is 5.75 Å². The van der Waals surface area contributed by atoms with Crippen LogP contribution in [0.4, 0.5) is 5.69 Å². The minimum atomic E-state index is -0.348. The van der Waals surface area contributed by atoms with Gasteiger partial charge in [0.1, 0.15) is 11.5 Å². The molecule has 0 fully saturated rings. The molecular weight excluding hydrogens is 364 g/mol. The molecule has 0 unspecified atom stereocenters. The third-order valence-electron chi connectivity index (χ3n) is 3.97. The van der Waals surface area contributed by atoms with Crippen molar-refractivity contribution in [3.05, 3.63) is 90.0 Å². The Morgan fingerprint density at radius 3 is 1.93 bits per heavy atom. The number of hydrogen-bond acceptors (Lipinski definition) is 3. The fourth-order valence-electron chi connectivity index (χ4n) is 2.65. The summed E-state index contributed by atoms with van der Waals surface area (Å²) in [5.74, 6) is 0.923. The first kappa shape index (κ1) is 20.1. The predicted molar refractivity (Wildman–Crippen MR) is 115 cm³/mol. The SMILES string of the molecule is CC(C)(C)NC(=O)c1cccc(C(=O)Nc2ccc(Oc3ccccc3)cc2)c1.